The summed E-state index contributed by atoms with van der Waals surface area (Å²) in [4.78, 5) is 9.23. The lowest BCUT2D eigenvalue weighted by Gasteiger charge is -1.94. The van der Waals surface area contributed by atoms with Crippen molar-refractivity contribution in [3.63, 3.8) is 0 Å². The quantitative estimate of drug-likeness (QED) is 0.510. The minimum atomic E-state index is -3.20. The van der Waals surface area contributed by atoms with Gasteiger partial charge in [0, 0.05) is 6.07 Å². The molecule has 0 radical (unpaired) electrons. The Hall–Kier alpha value is -1.54. The van der Waals surface area contributed by atoms with Crippen LogP contribution in [0.5, 0.6) is 0 Å². The molecule has 0 aliphatic rings. The third-order valence-electron chi connectivity index (χ3n) is 2.08. The monoisotopic (exact) mass is 292 g/mol. The van der Waals surface area contributed by atoms with Crippen molar-refractivity contribution >= 4 is 15.7 Å². The van der Waals surface area contributed by atoms with Gasteiger partial charge in [-0.25, -0.2) is 13.6 Å². The number of halogens is 1. The molecule has 0 saturated carbocycles. The number of sulfonamides is 1. The Kier molecular flexibility index (Phi) is 7.85. The Bertz CT molecular complexity index is 505. The highest BCUT2D eigenvalue weighted by molar-refractivity contribution is 7.89. The van der Waals surface area contributed by atoms with Crippen molar-refractivity contribution in [1.29, 1.82) is 0 Å². The van der Waals surface area contributed by atoms with Crippen LogP contribution in [0.3, 0.4) is 0 Å². The maximum absolute atomic E-state index is 12.4. The average Bonchev–Trinajstić information content (AvgIpc) is 2.29. The Balaban J connectivity index is 0.000000344. The molecule has 19 heavy (non-hydrogen) atoms. The molecule has 0 amide bonds. The number of nitrogens with two attached hydrogens (primary N) is 1. The van der Waals surface area contributed by atoms with Crippen molar-refractivity contribution in [2.24, 2.45) is 5.14 Å². The van der Waals surface area contributed by atoms with Gasteiger partial charge in [0.05, 0.1) is 10.7 Å². The first-order valence-electron chi connectivity index (χ1n) is 5.67. The van der Waals surface area contributed by atoms with E-state index in [0.717, 1.165) is 25.0 Å². The zero-order valence-corrected chi connectivity index (χ0v) is 11.4. The second kappa shape index (κ2) is 8.54. The lowest BCUT2D eigenvalue weighted by Crippen LogP contribution is -2.16. The molecule has 1 rings (SSSR count). The van der Waals surface area contributed by atoms with Crippen LogP contribution in [-0.4, -0.2) is 19.1 Å². The number of para-hydroxylation sites is 1. The van der Waals surface area contributed by atoms with Gasteiger partial charge in [-0.3, -0.25) is 10.1 Å². The van der Waals surface area contributed by atoms with Crippen molar-refractivity contribution in [2.75, 3.05) is 5.75 Å². The fourth-order valence-electron chi connectivity index (χ4n) is 1.15. The summed E-state index contributed by atoms with van der Waals surface area (Å²) in [5.74, 6) is -0.673. The number of unbranched alkanes of at least 4 members (excludes halogenated alkanes) is 2. The van der Waals surface area contributed by atoms with Crippen LogP contribution in [-0.2, 0) is 10.0 Å². The molecule has 0 fully saturated rings. The Morgan fingerprint density at radius 3 is 2.26 bits per heavy atom. The largest absolute Gasteiger partial charge is 0.304 e. The molecule has 0 bridgehead atoms. The van der Waals surface area contributed by atoms with Crippen molar-refractivity contribution in [3.8, 4) is 0 Å². The van der Waals surface area contributed by atoms with Crippen LogP contribution in [0.15, 0.2) is 24.3 Å². The Morgan fingerprint density at radius 2 is 1.89 bits per heavy atom. The SMILES string of the molecule is CCCCCS(N)(=O)=O.O=[N+]([O-])c1ccccc1F. The first-order chi connectivity index (χ1) is 8.78. The number of benzene rings is 1. The van der Waals surface area contributed by atoms with E-state index in [1.165, 1.54) is 12.1 Å². The summed E-state index contributed by atoms with van der Waals surface area (Å²) in [6.07, 6.45) is 2.65. The van der Waals surface area contributed by atoms with E-state index < -0.39 is 26.5 Å². The van der Waals surface area contributed by atoms with Gasteiger partial charge in [0.1, 0.15) is 0 Å². The molecule has 0 heterocycles. The van der Waals surface area contributed by atoms with Gasteiger partial charge in [-0.1, -0.05) is 31.9 Å². The van der Waals surface area contributed by atoms with Gasteiger partial charge < -0.3 is 0 Å². The molecule has 0 aliphatic carbocycles. The van der Waals surface area contributed by atoms with E-state index in [9.17, 15) is 22.9 Å². The smallest absolute Gasteiger partial charge is 0.258 e. The van der Waals surface area contributed by atoms with E-state index in [2.05, 4.69) is 0 Å². The standard InChI is InChI=1S/C6H4FNO2.C5H13NO2S/c7-5-3-1-2-4-6(5)8(9)10;1-2-3-4-5-9(6,7)8/h1-4H;2-5H2,1H3,(H2,6,7,8). The fraction of sp³-hybridized carbons (Fsp3) is 0.455. The van der Waals surface area contributed by atoms with Crippen molar-refractivity contribution in [1.82, 2.24) is 0 Å². The van der Waals surface area contributed by atoms with Gasteiger partial charge in [0.25, 0.3) is 0 Å². The van der Waals surface area contributed by atoms with Crippen LogP contribution >= 0.6 is 0 Å². The van der Waals surface area contributed by atoms with Crippen LogP contribution in [0.4, 0.5) is 10.1 Å². The predicted molar refractivity (Wildman–Crippen MR) is 70.6 cm³/mol. The summed E-state index contributed by atoms with van der Waals surface area (Å²) < 4.78 is 33.0. The molecular weight excluding hydrogens is 275 g/mol. The summed E-state index contributed by atoms with van der Waals surface area (Å²) in [7, 11) is -3.20. The van der Waals surface area contributed by atoms with Crippen LogP contribution in [0.2, 0.25) is 0 Å². The van der Waals surface area contributed by atoms with Gasteiger partial charge in [-0.05, 0) is 12.5 Å². The molecule has 1 aromatic carbocycles. The summed E-state index contributed by atoms with van der Waals surface area (Å²) >= 11 is 0. The molecule has 0 aromatic heterocycles. The molecule has 108 valence electrons. The van der Waals surface area contributed by atoms with E-state index in [1.807, 2.05) is 6.92 Å². The zero-order chi connectivity index (χ0) is 14.9. The lowest BCUT2D eigenvalue weighted by molar-refractivity contribution is -0.387. The average molecular weight is 292 g/mol. The van der Waals surface area contributed by atoms with Gasteiger partial charge in [-0.15, -0.1) is 0 Å². The Labute approximate surface area is 111 Å². The molecule has 2 N–H and O–H groups in total. The molecule has 0 unspecified atom stereocenters. The number of nitro groups is 1. The highest BCUT2D eigenvalue weighted by Crippen LogP contribution is 2.14. The van der Waals surface area contributed by atoms with Crippen molar-refractivity contribution < 1.29 is 17.7 Å². The van der Waals surface area contributed by atoms with Gasteiger partial charge in [0.2, 0.25) is 15.8 Å². The molecule has 0 spiro atoms. The van der Waals surface area contributed by atoms with Gasteiger partial charge >= 0.3 is 5.69 Å². The van der Waals surface area contributed by atoms with Crippen LogP contribution in [0, 0.1) is 15.9 Å². The van der Waals surface area contributed by atoms with E-state index in [0.29, 0.717) is 6.42 Å². The molecular formula is C11H17FN2O4S. The minimum Gasteiger partial charge on any atom is -0.258 e. The van der Waals surface area contributed by atoms with Gasteiger partial charge in [0.15, 0.2) is 0 Å². The zero-order valence-electron chi connectivity index (χ0n) is 10.6. The number of rotatable bonds is 5. The molecule has 6 nitrogen and oxygen atoms in total. The van der Waals surface area contributed by atoms with E-state index >= 15 is 0 Å². The Morgan fingerprint density at radius 1 is 1.32 bits per heavy atom. The number of hydrogen-bond acceptors (Lipinski definition) is 4. The number of nitro benzene ring substituents is 1. The highest BCUT2D eigenvalue weighted by atomic mass is 32.2. The van der Waals surface area contributed by atoms with E-state index in [4.69, 9.17) is 5.14 Å². The summed E-state index contributed by atoms with van der Waals surface area (Å²) in [5.41, 5.74) is -0.484. The van der Waals surface area contributed by atoms with Gasteiger partial charge in [-0.2, -0.15) is 4.39 Å². The molecule has 0 saturated heterocycles. The molecule has 0 aliphatic heterocycles. The van der Waals surface area contributed by atoms with Crippen LogP contribution in [0.1, 0.15) is 26.2 Å². The molecule has 1 aromatic rings. The lowest BCUT2D eigenvalue weighted by atomic mass is 10.3. The number of primary sulfonamides is 1. The third kappa shape index (κ3) is 9.09. The number of hydrogen-bond donors (Lipinski definition) is 1. The number of nitrogens with zero attached hydrogens (tertiary/aromatic N) is 1. The van der Waals surface area contributed by atoms with Crippen LogP contribution < -0.4 is 5.14 Å². The highest BCUT2D eigenvalue weighted by Gasteiger charge is 2.10. The maximum atomic E-state index is 12.4. The topological polar surface area (TPSA) is 103 Å². The first-order valence-corrected chi connectivity index (χ1v) is 7.39. The van der Waals surface area contributed by atoms with Crippen molar-refractivity contribution in [3.05, 3.63) is 40.2 Å². The maximum Gasteiger partial charge on any atom is 0.304 e. The molecule has 8 heteroatoms. The molecule has 0 atom stereocenters. The second-order valence-corrected chi connectivity index (χ2v) is 5.52. The third-order valence-corrected chi connectivity index (χ3v) is 2.94. The first kappa shape index (κ1) is 17.5. The van der Waals surface area contributed by atoms with E-state index in [-0.39, 0.29) is 5.75 Å². The minimum absolute atomic E-state index is 0.126. The normalized spacial score (nSPS) is 10.5. The van der Waals surface area contributed by atoms with Crippen LogP contribution in [0.25, 0.3) is 0 Å². The summed E-state index contributed by atoms with van der Waals surface area (Å²) in [5, 5.41) is 14.7. The predicted octanol–water partition coefficient (Wildman–Crippen LogP) is 2.20. The fourth-order valence-corrected chi connectivity index (χ4v) is 1.76. The van der Waals surface area contributed by atoms with E-state index in [1.54, 1.807) is 0 Å². The van der Waals surface area contributed by atoms with Crippen molar-refractivity contribution in [2.45, 2.75) is 26.2 Å². The summed E-state index contributed by atoms with van der Waals surface area (Å²) in [6, 6.07) is 5.00. The summed E-state index contributed by atoms with van der Waals surface area (Å²) in [6.45, 7) is 2.02. The second-order valence-electron chi connectivity index (χ2n) is 3.78.